The number of hydrogen-bond acceptors (Lipinski definition) is 3. The Morgan fingerprint density at radius 3 is 2.40 bits per heavy atom. The molecule has 1 heterocycles. The third kappa shape index (κ3) is 2.76. The van der Waals surface area contributed by atoms with E-state index in [1.807, 2.05) is 36.4 Å². The summed E-state index contributed by atoms with van der Waals surface area (Å²) in [7, 11) is 0. The average molecular weight is 286 g/mol. The van der Waals surface area contributed by atoms with Gasteiger partial charge in [0.2, 0.25) is 0 Å². The van der Waals surface area contributed by atoms with E-state index in [1.165, 1.54) is 0 Å². The molecular formula is C16H16ClN3. The summed E-state index contributed by atoms with van der Waals surface area (Å²) in [6.45, 7) is 5.83. The van der Waals surface area contributed by atoms with Gasteiger partial charge in [0.05, 0.1) is 5.56 Å². The average Bonchev–Trinajstić information content (AvgIpc) is 2.49. The van der Waals surface area contributed by atoms with Gasteiger partial charge in [-0.25, -0.2) is 4.98 Å². The summed E-state index contributed by atoms with van der Waals surface area (Å²) < 4.78 is 0. The van der Waals surface area contributed by atoms with Gasteiger partial charge < -0.3 is 4.90 Å². The molecule has 0 N–H and O–H groups in total. The second-order valence-corrected chi connectivity index (χ2v) is 4.70. The fourth-order valence-electron chi connectivity index (χ4n) is 2.16. The normalized spacial score (nSPS) is 10.1. The molecule has 1 aromatic carbocycles. The van der Waals surface area contributed by atoms with Crippen molar-refractivity contribution in [3.8, 4) is 17.2 Å². The molecule has 3 nitrogen and oxygen atoms in total. The Bertz CT molecular complexity index is 628. The molecule has 4 heteroatoms. The van der Waals surface area contributed by atoms with Crippen LogP contribution in [0.2, 0.25) is 5.15 Å². The van der Waals surface area contributed by atoms with Crippen molar-refractivity contribution in [3.05, 3.63) is 47.1 Å². The van der Waals surface area contributed by atoms with Crippen molar-refractivity contribution in [1.29, 1.82) is 5.26 Å². The Morgan fingerprint density at radius 1 is 1.20 bits per heavy atom. The molecular weight excluding hydrogens is 270 g/mol. The van der Waals surface area contributed by atoms with Crippen molar-refractivity contribution in [3.63, 3.8) is 0 Å². The van der Waals surface area contributed by atoms with Gasteiger partial charge in [-0.1, -0.05) is 41.9 Å². The summed E-state index contributed by atoms with van der Waals surface area (Å²) in [5.74, 6) is 0.804. The number of nitrogens with zero attached hydrogens (tertiary/aromatic N) is 3. The third-order valence-corrected chi connectivity index (χ3v) is 3.52. The minimum absolute atomic E-state index is 0.260. The van der Waals surface area contributed by atoms with Crippen LogP contribution in [0.25, 0.3) is 11.1 Å². The number of hydrogen-bond donors (Lipinski definition) is 0. The summed E-state index contributed by atoms with van der Waals surface area (Å²) in [6.07, 6.45) is 0. The zero-order valence-electron chi connectivity index (χ0n) is 11.6. The first-order chi connectivity index (χ1) is 9.71. The van der Waals surface area contributed by atoms with Gasteiger partial charge in [0.15, 0.2) is 0 Å². The van der Waals surface area contributed by atoms with Gasteiger partial charge >= 0.3 is 0 Å². The summed E-state index contributed by atoms with van der Waals surface area (Å²) in [5, 5.41) is 9.58. The van der Waals surface area contributed by atoms with Crippen LogP contribution >= 0.6 is 11.6 Å². The largest absolute Gasteiger partial charge is 0.357 e. The van der Waals surface area contributed by atoms with E-state index in [4.69, 9.17) is 11.6 Å². The Balaban J connectivity index is 2.63. The maximum Gasteiger partial charge on any atom is 0.149 e. The molecule has 20 heavy (non-hydrogen) atoms. The van der Waals surface area contributed by atoms with Crippen LogP contribution in [0.4, 0.5) is 5.82 Å². The predicted molar refractivity (Wildman–Crippen MR) is 83.0 cm³/mol. The van der Waals surface area contributed by atoms with Crippen molar-refractivity contribution in [2.45, 2.75) is 13.8 Å². The van der Waals surface area contributed by atoms with Crippen molar-refractivity contribution in [2.75, 3.05) is 18.0 Å². The van der Waals surface area contributed by atoms with E-state index in [1.54, 1.807) is 0 Å². The SMILES string of the molecule is CCN(CC)c1cc(-c2ccccc2)c(C#N)c(Cl)n1. The van der Waals surface area contributed by atoms with Crippen molar-refractivity contribution < 1.29 is 0 Å². The summed E-state index contributed by atoms with van der Waals surface area (Å²) in [5.41, 5.74) is 2.23. The summed E-state index contributed by atoms with van der Waals surface area (Å²) in [6, 6.07) is 13.9. The van der Waals surface area contributed by atoms with E-state index in [2.05, 4.69) is 29.8 Å². The Labute approximate surface area is 124 Å². The fourth-order valence-corrected chi connectivity index (χ4v) is 2.39. The predicted octanol–water partition coefficient (Wildman–Crippen LogP) is 4.12. The van der Waals surface area contributed by atoms with Crippen molar-refractivity contribution >= 4 is 17.4 Å². The highest BCUT2D eigenvalue weighted by Gasteiger charge is 2.14. The zero-order valence-corrected chi connectivity index (χ0v) is 12.4. The van der Waals surface area contributed by atoms with Gasteiger partial charge in [0.1, 0.15) is 17.0 Å². The number of halogens is 1. The van der Waals surface area contributed by atoms with Crippen LogP contribution in [0, 0.1) is 11.3 Å². The van der Waals surface area contributed by atoms with E-state index in [9.17, 15) is 5.26 Å². The van der Waals surface area contributed by atoms with Gasteiger partial charge in [0.25, 0.3) is 0 Å². The number of nitriles is 1. The molecule has 0 atom stereocenters. The molecule has 0 bridgehead atoms. The molecule has 0 spiro atoms. The molecule has 0 radical (unpaired) electrons. The molecule has 2 aromatic rings. The molecule has 1 aromatic heterocycles. The van der Waals surface area contributed by atoms with Gasteiger partial charge in [-0.3, -0.25) is 0 Å². The maximum absolute atomic E-state index is 9.32. The highest BCUT2D eigenvalue weighted by Crippen LogP contribution is 2.31. The van der Waals surface area contributed by atoms with Crippen molar-refractivity contribution in [1.82, 2.24) is 4.98 Å². The Morgan fingerprint density at radius 2 is 1.85 bits per heavy atom. The highest BCUT2D eigenvalue weighted by molar-refractivity contribution is 6.31. The molecule has 102 valence electrons. The molecule has 0 amide bonds. The topological polar surface area (TPSA) is 39.9 Å². The van der Waals surface area contributed by atoms with E-state index >= 15 is 0 Å². The van der Waals surface area contributed by atoms with Crippen LogP contribution in [0.5, 0.6) is 0 Å². The molecule has 0 saturated carbocycles. The Kier molecular flexibility index (Phi) is 4.60. The van der Waals surface area contributed by atoms with E-state index < -0.39 is 0 Å². The first kappa shape index (κ1) is 14.4. The molecule has 0 saturated heterocycles. The van der Waals surface area contributed by atoms with Crippen LogP contribution in [-0.2, 0) is 0 Å². The molecule has 2 rings (SSSR count). The van der Waals surface area contributed by atoms with E-state index in [-0.39, 0.29) is 5.15 Å². The lowest BCUT2D eigenvalue weighted by Crippen LogP contribution is -2.23. The third-order valence-electron chi connectivity index (χ3n) is 3.25. The molecule has 0 unspecified atom stereocenters. The van der Waals surface area contributed by atoms with E-state index in [0.717, 1.165) is 30.0 Å². The standard InChI is InChI=1S/C16H16ClN3/c1-3-20(4-2)15-10-13(12-8-6-5-7-9-12)14(11-18)16(17)19-15/h5-10H,3-4H2,1-2H3. The number of benzene rings is 1. The van der Waals surface area contributed by atoms with Crippen LogP contribution in [0.15, 0.2) is 36.4 Å². The molecule has 0 aliphatic rings. The first-order valence-electron chi connectivity index (χ1n) is 6.62. The second-order valence-electron chi connectivity index (χ2n) is 4.34. The minimum atomic E-state index is 0.260. The van der Waals surface area contributed by atoms with Gasteiger partial charge in [0, 0.05) is 18.7 Å². The van der Waals surface area contributed by atoms with E-state index in [0.29, 0.717) is 5.56 Å². The lowest BCUT2D eigenvalue weighted by Gasteiger charge is -2.21. The van der Waals surface area contributed by atoms with Crippen molar-refractivity contribution in [2.24, 2.45) is 0 Å². The molecule has 0 aliphatic heterocycles. The number of aromatic nitrogens is 1. The first-order valence-corrected chi connectivity index (χ1v) is 7.00. The maximum atomic E-state index is 9.32. The van der Waals surface area contributed by atoms with Crippen LogP contribution < -0.4 is 4.90 Å². The van der Waals surface area contributed by atoms with Crippen LogP contribution in [-0.4, -0.2) is 18.1 Å². The number of pyridine rings is 1. The quantitative estimate of drug-likeness (QED) is 0.793. The summed E-state index contributed by atoms with van der Waals surface area (Å²) in [4.78, 5) is 6.45. The minimum Gasteiger partial charge on any atom is -0.357 e. The zero-order chi connectivity index (χ0) is 14.5. The van der Waals surface area contributed by atoms with Crippen LogP contribution in [0.3, 0.4) is 0 Å². The number of rotatable bonds is 4. The molecule has 0 aliphatic carbocycles. The lowest BCUT2D eigenvalue weighted by atomic mass is 10.0. The Hall–Kier alpha value is -2.05. The van der Waals surface area contributed by atoms with Gasteiger partial charge in [-0.2, -0.15) is 5.26 Å². The monoisotopic (exact) mass is 285 g/mol. The molecule has 0 fully saturated rings. The van der Waals surface area contributed by atoms with Gasteiger partial charge in [-0.15, -0.1) is 0 Å². The highest BCUT2D eigenvalue weighted by atomic mass is 35.5. The second kappa shape index (κ2) is 6.40. The fraction of sp³-hybridized carbons (Fsp3) is 0.250. The van der Waals surface area contributed by atoms with Crippen LogP contribution in [0.1, 0.15) is 19.4 Å². The van der Waals surface area contributed by atoms with Gasteiger partial charge in [-0.05, 0) is 25.5 Å². The summed E-state index contributed by atoms with van der Waals surface area (Å²) >= 11 is 6.18. The lowest BCUT2D eigenvalue weighted by molar-refractivity contribution is 0.846. The number of anilines is 1. The smallest absolute Gasteiger partial charge is 0.149 e.